The van der Waals surface area contributed by atoms with Crippen LogP contribution in [0.4, 0.5) is 0 Å². The van der Waals surface area contributed by atoms with Gasteiger partial charge in [0.05, 0.1) is 0 Å². The van der Waals surface area contributed by atoms with Crippen LogP contribution in [-0.4, -0.2) is 12.5 Å². The standard InChI is InChI=1S/C17H35NO/c1-4-6-8-10-12-17(13-11-9-7-5-2)14-15-18-16(3)19/h17H,4-15H2,1-3H3,(H,18,19). The predicted octanol–water partition coefficient (Wildman–Crippen LogP) is 5.07. The van der Waals surface area contributed by atoms with Crippen molar-refractivity contribution >= 4 is 5.91 Å². The lowest BCUT2D eigenvalue weighted by Crippen LogP contribution is -2.23. The van der Waals surface area contributed by atoms with Gasteiger partial charge in [0, 0.05) is 13.5 Å². The Hall–Kier alpha value is -0.530. The first-order valence-electron chi connectivity index (χ1n) is 8.45. The van der Waals surface area contributed by atoms with Crippen molar-refractivity contribution in [2.75, 3.05) is 6.54 Å². The molecule has 1 amide bonds. The van der Waals surface area contributed by atoms with Gasteiger partial charge in [0.1, 0.15) is 0 Å². The van der Waals surface area contributed by atoms with Crippen LogP contribution in [0.25, 0.3) is 0 Å². The van der Waals surface area contributed by atoms with Gasteiger partial charge >= 0.3 is 0 Å². The van der Waals surface area contributed by atoms with Gasteiger partial charge in [-0.15, -0.1) is 0 Å². The molecule has 0 fully saturated rings. The molecule has 0 unspecified atom stereocenters. The minimum absolute atomic E-state index is 0.107. The maximum absolute atomic E-state index is 10.9. The first-order chi connectivity index (χ1) is 9.20. The first kappa shape index (κ1) is 18.5. The van der Waals surface area contributed by atoms with Crippen LogP contribution in [0.2, 0.25) is 0 Å². The van der Waals surface area contributed by atoms with Crippen LogP contribution in [0, 0.1) is 5.92 Å². The lowest BCUT2D eigenvalue weighted by atomic mass is 9.91. The zero-order chi connectivity index (χ0) is 14.3. The van der Waals surface area contributed by atoms with Crippen LogP contribution in [0.15, 0.2) is 0 Å². The number of amides is 1. The van der Waals surface area contributed by atoms with Crippen molar-refractivity contribution in [1.82, 2.24) is 5.32 Å². The molecule has 0 atom stereocenters. The van der Waals surface area contributed by atoms with Crippen LogP contribution in [0.3, 0.4) is 0 Å². The van der Waals surface area contributed by atoms with E-state index < -0.39 is 0 Å². The summed E-state index contributed by atoms with van der Waals surface area (Å²) in [4.78, 5) is 10.9. The van der Waals surface area contributed by atoms with Crippen LogP contribution in [0.5, 0.6) is 0 Å². The van der Waals surface area contributed by atoms with E-state index in [2.05, 4.69) is 19.2 Å². The summed E-state index contributed by atoms with van der Waals surface area (Å²) in [6, 6.07) is 0. The summed E-state index contributed by atoms with van der Waals surface area (Å²) < 4.78 is 0. The summed E-state index contributed by atoms with van der Waals surface area (Å²) in [6.45, 7) is 7.00. The van der Waals surface area contributed by atoms with E-state index in [1.807, 2.05) is 0 Å². The topological polar surface area (TPSA) is 29.1 Å². The maximum atomic E-state index is 10.9. The average molecular weight is 269 g/mol. The SMILES string of the molecule is CCCCCCC(CCCCCC)CCNC(C)=O. The number of carbonyl (C=O) groups excluding carboxylic acids is 1. The predicted molar refractivity (Wildman–Crippen MR) is 84.3 cm³/mol. The number of rotatable bonds is 13. The summed E-state index contributed by atoms with van der Waals surface area (Å²) in [6.07, 6.45) is 14.7. The second-order valence-corrected chi connectivity index (χ2v) is 5.84. The summed E-state index contributed by atoms with van der Waals surface area (Å²) in [5.74, 6) is 0.927. The first-order valence-corrected chi connectivity index (χ1v) is 8.45. The third kappa shape index (κ3) is 13.7. The second kappa shape index (κ2) is 13.9. The van der Waals surface area contributed by atoms with Gasteiger partial charge in [-0.1, -0.05) is 78.1 Å². The van der Waals surface area contributed by atoms with E-state index in [4.69, 9.17) is 0 Å². The van der Waals surface area contributed by atoms with Crippen LogP contribution in [0.1, 0.15) is 91.4 Å². The molecule has 0 saturated carbocycles. The Labute approximate surface area is 120 Å². The molecule has 0 spiro atoms. The van der Waals surface area contributed by atoms with Crippen molar-refractivity contribution in [2.24, 2.45) is 5.92 Å². The van der Waals surface area contributed by atoms with Crippen molar-refractivity contribution in [1.29, 1.82) is 0 Å². The van der Waals surface area contributed by atoms with Crippen molar-refractivity contribution in [3.8, 4) is 0 Å². The van der Waals surface area contributed by atoms with Crippen molar-refractivity contribution in [2.45, 2.75) is 91.4 Å². The molecular formula is C17H35NO. The fourth-order valence-electron chi connectivity index (χ4n) is 2.60. The lowest BCUT2D eigenvalue weighted by Gasteiger charge is -2.17. The largest absolute Gasteiger partial charge is 0.356 e. The molecule has 0 aliphatic rings. The molecular weight excluding hydrogens is 234 g/mol. The second-order valence-electron chi connectivity index (χ2n) is 5.84. The van der Waals surface area contributed by atoms with E-state index in [1.54, 1.807) is 6.92 Å². The molecule has 114 valence electrons. The number of hydrogen-bond donors (Lipinski definition) is 1. The Kier molecular flexibility index (Phi) is 13.5. The summed E-state index contributed by atoms with van der Waals surface area (Å²) in [5, 5.41) is 2.94. The third-order valence-electron chi connectivity index (χ3n) is 3.86. The van der Waals surface area contributed by atoms with E-state index in [0.717, 1.165) is 18.9 Å². The van der Waals surface area contributed by atoms with Gasteiger partial charge in [-0.05, 0) is 12.3 Å². The highest BCUT2D eigenvalue weighted by Gasteiger charge is 2.08. The fraction of sp³-hybridized carbons (Fsp3) is 0.941. The Balaban J connectivity index is 3.75. The van der Waals surface area contributed by atoms with Gasteiger partial charge in [-0.3, -0.25) is 4.79 Å². The molecule has 0 heterocycles. The van der Waals surface area contributed by atoms with Gasteiger partial charge in [0.2, 0.25) is 5.91 Å². The number of nitrogens with one attached hydrogen (secondary N) is 1. The molecule has 0 aliphatic heterocycles. The fourth-order valence-corrected chi connectivity index (χ4v) is 2.60. The zero-order valence-electron chi connectivity index (χ0n) is 13.5. The van der Waals surface area contributed by atoms with Gasteiger partial charge in [-0.25, -0.2) is 0 Å². The van der Waals surface area contributed by atoms with Crippen molar-refractivity contribution in [3.05, 3.63) is 0 Å². The van der Waals surface area contributed by atoms with E-state index in [-0.39, 0.29) is 5.91 Å². The van der Waals surface area contributed by atoms with E-state index in [9.17, 15) is 4.79 Å². The molecule has 2 heteroatoms. The molecule has 0 aromatic rings. The lowest BCUT2D eigenvalue weighted by molar-refractivity contribution is -0.119. The molecule has 0 aromatic heterocycles. The quantitative estimate of drug-likeness (QED) is 0.465. The average Bonchev–Trinajstić information content (AvgIpc) is 2.38. The highest BCUT2D eigenvalue weighted by atomic mass is 16.1. The molecule has 19 heavy (non-hydrogen) atoms. The van der Waals surface area contributed by atoms with Gasteiger partial charge in [-0.2, -0.15) is 0 Å². The Morgan fingerprint density at radius 2 is 1.37 bits per heavy atom. The minimum Gasteiger partial charge on any atom is -0.356 e. The van der Waals surface area contributed by atoms with Crippen molar-refractivity contribution < 1.29 is 4.79 Å². The number of unbranched alkanes of at least 4 members (excludes halogenated alkanes) is 6. The summed E-state index contributed by atoms with van der Waals surface area (Å²) in [7, 11) is 0. The van der Waals surface area contributed by atoms with Crippen LogP contribution < -0.4 is 5.32 Å². The molecule has 0 aromatic carbocycles. The van der Waals surface area contributed by atoms with Gasteiger partial charge < -0.3 is 5.32 Å². The summed E-state index contributed by atoms with van der Waals surface area (Å²) in [5.41, 5.74) is 0. The minimum atomic E-state index is 0.107. The molecule has 1 N–H and O–H groups in total. The molecule has 0 saturated heterocycles. The highest BCUT2D eigenvalue weighted by Crippen LogP contribution is 2.21. The highest BCUT2D eigenvalue weighted by molar-refractivity contribution is 5.72. The summed E-state index contributed by atoms with van der Waals surface area (Å²) >= 11 is 0. The normalized spacial score (nSPS) is 10.9. The zero-order valence-corrected chi connectivity index (χ0v) is 13.5. The Morgan fingerprint density at radius 3 is 1.79 bits per heavy atom. The molecule has 0 aliphatic carbocycles. The smallest absolute Gasteiger partial charge is 0.216 e. The van der Waals surface area contributed by atoms with Crippen LogP contribution in [-0.2, 0) is 4.79 Å². The van der Waals surface area contributed by atoms with E-state index >= 15 is 0 Å². The van der Waals surface area contributed by atoms with E-state index in [1.165, 1.54) is 64.2 Å². The molecule has 0 radical (unpaired) electrons. The molecule has 0 rings (SSSR count). The van der Waals surface area contributed by atoms with Crippen LogP contribution >= 0.6 is 0 Å². The monoisotopic (exact) mass is 269 g/mol. The third-order valence-corrected chi connectivity index (χ3v) is 3.86. The number of carbonyl (C=O) groups is 1. The van der Waals surface area contributed by atoms with E-state index in [0.29, 0.717) is 0 Å². The van der Waals surface area contributed by atoms with Gasteiger partial charge in [0.25, 0.3) is 0 Å². The Bertz CT molecular complexity index is 191. The van der Waals surface area contributed by atoms with Crippen molar-refractivity contribution in [3.63, 3.8) is 0 Å². The molecule has 2 nitrogen and oxygen atoms in total. The Morgan fingerprint density at radius 1 is 0.842 bits per heavy atom. The van der Waals surface area contributed by atoms with Gasteiger partial charge in [0.15, 0.2) is 0 Å². The molecule has 0 bridgehead atoms. The maximum Gasteiger partial charge on any atom is 0.216 e. The number of hydrogen-bond acceptors (Lipinski definition) is 1.